The maximum Gasteiger partial charge on any atom is 0.343 e. The van der Waals surface area contributed by atoms with Crippen molar-refractivity contribution in [3.63, 3.8) is 0 Å². The van der Waals surface area contributed by atoms with Crippen molar-refractivity contribution in [1.82, 2.24) is 0 Å². The maximum atomic E-state index is 13.3. The molecule has 8 nitrogen and oxygen atoms in total. The highest BCUT2D eigenvalue weighted by Gasteiger charge is 2.37. The number of rotatable bonds is 13. The lowest BCUT2D eigenvalue weighted by Crippen LogP contribution is -2.39. The molecule has 0 bridgehead atoms. The molecule has 1 aromatic rings. The third-order valence-corrected chi connectivity index (χ3v) is 4.19. The molecule has 0 aliphatic carbocycles. The van der Waals surface area contributed by atoms with Crippen LogP contribution in [0.25, 0.3) is 0 Å². The molecule has 2 atom stereocenters. The predicted octanol–water partition coefficient (Wildman–Crippen LogP) is 2.55. The molecule has 0 fully saturated rings. The van der Waals surface area contributed by atoms with Crippen molar-refractivity contribution in [2.75, 3.05) is 26.4 Å². The van der Waals surface area contributed by atoms with Crippen molar-refractivity contribution >= 4 is 23.5 Å². The van der Waals surface area contributed by atoms with E-state index in [4.69, 9.17) is 18.9 Å². The molecule has 8 heteroatoms. The minimum Gasteiger partial charge on any atom is -0.464 e. The van der Waals surface area contributed by atoms with E-state index >= 15 is 0 Å². The van der Waals surface area contributed by atoms with Crippen molar-refractivity contribution in [2.24, 2.45) is 0 Å². The van der Waals surface area contributed by atoms with Crippen molar-refractivity contribution in [3.05, 3.63) is 34.9 Å². The Labute approximate surface area is 176 Å². The molecule has 0 heterocycles. The number of aryl methyl sites for hydroxylation is 1. The maximum absolute atomic E-state index is 13.3. The Balaban J connectivity index is 3.51. The first kappa shape index (κ1) is 25.5. The average Bonchev–Trinajstić information content (AvgIpc) is 2.74. The fourth-order valence-electron chi connectivity index (χ4n) is 2.93. The summed E-state index contributed by atoms with van der Waals surface area (Å²) in [6, 6.07) is 4.71. The zero-order valence-electron chi connectivity index (χ0n) is 18.2. The molecule has 0 saturated carbocycles. The van der Waals surface area contributed by atoms with E-state index in [0.717, 1.165) is 0 Å². The predicted molar refractivity (Wildman–Crippen MR) is 109 cm³/mol. The quantitative estimate of drug-likeness (QED) is 0.271. The summed E-state index contributed by atoms with van der Waals surface area (Å²) in [6.07, 6.45) is -2.60. The van der Waals surface area contributed by atoms with Crippen LogP contribution in [0.3, 0.4) is 0 Å². The van der Waals surface area contributed by atoms with Crippen LogP contribution in [-0.4, -0.2) is 62.1 Å². The standard InChI is InChI=1S/C22H30O8/c1-6-14-12-11-13-15(17(23)19(27-7-2)21(25)29-9-4)16(14)18(24)20(28-8-3)22(26)30-10-5/h11-13,19-20H,6-10H2,1-5H3. The fraction of sp³-hybridized carbons (Fsp3) is 0.545. The lowest BCUT2D eigenvalue weighted by molar-refractivity contribution is -0.154. The first-order chi connectivity index (χ1) is 14.4. The van der Waals surface area contributed by atoms with Crippen LogP contribution in [0.5, 0.6) is 0 Å². The Morgan fingerprint density at radius 2 is 1.23 bits per heavy atom. The number of hydrogen-bond acceptors (Lipinski definition) is 8. The van der Waals surface area contributed by atoms with Crippen LogP contribution in [0.1, 0.15) is 60.9 Å². The molecule has 0 spiro atoms. The number of benzene rings is 1. The van der Waals surface area contributed by atoms with Crippen LogP contribution in [0.15, 0.2) is 18.2 Å². The zero-order chi connectivity index (χ0) is 22.7. The van der Waals surface area contributed by atoms with E-state index in [0.29, 0.717) is 12.0 Å². The monoisotopic (exact) mass is 422 g/mol. The highest BCUT2D eigenvalue weighted by atomic mass is 16.6. The Bertz CT molecular complexity index is 756. The number of Topliss-reactive ketones (excluding diaryl/α,β-unsaturated/α-hetero) is 2. The van der Waals surface area contributed by atoms with Crippen LogP contribution < -0.4 is 0 Å². The largest absolute Gasteiger partial charge is 0.464 e. The van der Waals surface area contributed by atoms with Crippen LogP contribution in [-0.2, 0) is 35.0 Å². The smallest absolute Gasteiger partial charge is 0.343 e. The third-order valence-electron chi connectivity index (χ3n) is 4.19. The van der Waals surface area contributed by atoms with E-state index in [-0.39, 0.29) is 37.6 Å². The highest BCUT2D eigenvalue weighted by Crippen LogP contribution is 2.22. The summed E-state index contributed by atoms with van der Waals surface area (Å²) in [7, 11) is 0. The first-order valence-corrected chi connectivity index (χ1v) is 10.1. The van der Waals surface area contributed by atoms with Crippen LogP contribution in [0.2, 0.25) is 0 Å². The minimum atomic E-state index is -1.51. The second kappa shape index (κ2) is 12.9. The van der Waals surface area contributed by atoms with Gasteiger partial charge in [-0.25, -0.2) is 9.59 Å². The topological polar surface area (TPSA) is 105 Å². The van der Waals surface area contributed by atoms with Crippen LogP contribution in [0.4, 0.5) is 0 Å². The lowest BCUT2D eigenvalue weighted by atomic mass is 9.90. The van der Waals surface area contributed by atoms with Gasteiger partial charge in [0.15, 0.2) is 0 Å². The number of carbonyl (C=O) groups is 4. The van der Waals surface area contributed by atoms with Gasteiger partial charge < -0.3 is 18.9 Å². The Hall–Kier alpha value is -2.58. The highest BCUT2D eigenvalue weighted by molar-refractivity contribution is 6.20. The molecular formula is C22H30O8. The summed E-state index contributed by atoms with van der Waals surface area (Å²) in [4.78, 5) is 51.1. The molecule has 0 saturated heterocycles. The first-order valence-electron chi connectivity index (χ1n) is 10.1. The van der Waals surface area contributed by atoms with E-state index in [1.807, 2.05) is 6.92 Å². The van der Waals surface area contributed by atoms with Crippen LogP contribution in [0, 0.1) is 0 Å². The van der Waals surface area contributed by atoms with E-state index in [9.17, 15) is 19.2 Å². The molecule has 30 heavy (non-hydrogen) atoms. The molecule has 1 aromatic carbocycles. The summed E-state index contributed by atoms with van der Waals surface area (Å²) in [5.74, 6) is -3.08. The van der Waals surface area contributed by atoms with Crippen molar-refractivity contribution in [1.29, 1.82) is 0 Å². The van der Waals surface area contributed by atoms with Gasteiger partial charge in [0.05, 0.1) is 13.2 Å². The normalized spacial score (nSPS) is 12.7. The Kier molecular flexibility index (Phi) is 10.9. The Morgan fingerprint density at radius 1 is 0.733 bits per heavy atom. The second-order valence-corrected chi connectivity index (χ2v) is 6.10. The Morgan fingerprint density at radius 3 is 1.67 bits per heavy atom. The molecule has 2 unspecified atom stereocenters. The molecule has 0 aliphatic heterocycles. The number of esters is 2. The van der Waals surface area contributed by atoms with E-state index < -0.39 is 35.7 Å². The molecule has 0 aromatic heterocycles. The summed E-state index contributed by atoms with van der Waals surface area (Å²) < 4.78 is 20.6. The van der Waals surface area contributed by atoms with Gasteiger partial charge in [-0.2, -0.15) is 0 Å². The zero-order valence-corrected chi connectivity index (χ0v) is 18.2. The van der Waals surface area contributed by atoms with Gasteiger partial charge in [-0.05, 0) is 39.7 Å². The molecule has 1 rings (SSSR count). The summed E-state index contributed by atoms with van der Waals surface area (Å²) >= 11 is 0. The average molecular weight is 422 g/mol. The SMILES string of the molecule is CCOC(=O)C(OCC)C(=O)c1cccc(CC)c1C(=O)C(OCC)C(=O)OCC. The van der Waals surface area contributed by atoms with Gasteiger partial charge in [-0.15, -0.1) is 0 Å². The summed E-state index contributed by atoms with van der Waals surface area (Å²) in [5, 5.41) is 0. The van der Waals surface area contributed by atoms with E-state index in [2.05, 4.69) is 0 Å². The van der Waals surface area contributed by atoms with Gasteiger partial charge in [-0.1, -0.05) is 25.1 Å². The van der Waals surface area contributed by atoms with Gasteiger partial charge in [0.25, 0.3) is 0 Å². The summed E-state index contributed by atoms with van der Waals surface area (Å²) in [6.45, 7) is 8.66. The fourth-order valence-corrected chi connectivity index (χ4v) is 2.93. The summed E-state index contributed by atoms with van der Waals surface area (Å²) in [5.41, 5.74) is 0.532. The molecule has 0 amide bonds. The number of ether oxygens (including phenoxy) is 4. The van der Waals surface area contributed by atoms with Crippen molar-refractivity contribution in [3.8, 4) is 0 Å². The van der Waals surface area contributed by atoms with Crippen molar-refractivity contribution in [2.45, 2.75) is 53.2 Å². The number of carbonyl (C=O) groups excluding carboxylic acids is 4. The van der Waals surface area contributed by atoms with Gasteiger partial charge in [-0.3, -0.25) is 9.59 Å². The lowest BCUT2D eigenvalue weighted by Gasteiger charge is -2.20. The van der Waals surface area contributed by atoms with E-state index in [1.54, 1.807) is 39.8 Å². The number of hydrogen-bond donors (Lipinski definition) is 0. The number of ketones is 2. The second-order valence-electron chi connectivity index (χ2n) is 6.10. The molecule has 166 valence electrons. The van der Waals surface area contributed by atoms with Crippen LogP contribution >= 0.6 is 0 Å². The third kappa shape index (κ3) is 6.21. The van der Waals surface area contributed by atoms with Gasteiger partial charge >= 0.3 is 11.9 Å². The van der Waals surface area contributed by atoms with Gasteiger partial charge in [0.1, 0.15) is 0 Å². The minimum absolute atomic E-state index is 0.0190. The molecule has 0 N–H and O–H groups in total. The molecule has 0 radical (unpaired) electrons. The van der Waals surface area contributed by atoms with Crippen molar-refractivity contribution < 1.29 is 38.1 Å². The van der Waals surface area contributed by atoms with Gasteiger partial charge in [0, 0.05) is 24.3 Å². The van der Waals surface area contributed by atoms with E-state index in [1.165, 1.54) is 6.07 Å². The molecular weight excluding hydrogens is 392 g/mol. The molecule has 0 aliphatic rings. The van der Waals surface area contributed by atoms with Gasteiger partial charge in [0.2, 0.25) is 23.8 Å².